The van der Waals surface area contributed by atoms with E-state index in [1.54, 1.807) is 6.07 Å². The summed E-state index contributed by atoms with van der Waals surface area (Å²) < 4.78 is 5.81. The lowest BCUT2D eigenvalue weighted by molar-refractivity contribution is -0.139. The molecule has 6 nitrogen and oxygen atoms in total. The van der Waals surface area contributed by atoms with Gasteiger partial charge in [-0.05, 0) is 43.0 Å². The molecule has 0 radical (unpaired) electrons. The summed E-state index contributed by atoms with van der Waals surface area (Å²) in [5.41, 5.74) is 1.43. The Labute approximate surface area is 166 Å². The maximum atomic E-state index is 12.4. The highest BCUT2D eigenvalue weighted by Gasteiger charge is 2.15. The number of unbranched alkanes of at least 4 members (excludes halogenated alkanes) is 1. The van der Waals surface area contributed by atoms with Crippen LogP contribution in [-0.4, -0.2) is 29.4 Å². The number of carboxylic acids is 1. The van der Waals surface area contributed by atoms with Gasteiger partial charge in [0.05, 0.1) is 5.56 Å². The highest BCUT2D eigenvalue weighted by molar-refractivity contribution is 9.10. The fraction of sp³-hybridized carbons (Fsp3) is 0.250. The minimum Gasteiger partial charge on any atom is -0.481 e. The van der Waals surface area contributed by atoms with Crippen LogP contribution in [0.3, 0.4) is 0 Å². The summed E-state index contributed by atoms with van der Waals surface area (Å²) in [6, 6.07) is 14.8. The van der Waals surface area contributed by atoms with Gasteiger partial charge in [0, 0.05) is 10.9 Å². The van der Waals surface area contributed by atoms with Crippen molar-refractivity contribution in [3.63, 3.8) is 0 Å². The van der Waals surface area contributed by atoms with Crippen LogP contribution in [0.2, 0.25) is 0 Å². The first-order chi connectivity index (χ1) is 13.0. The van der Waals surface area contributed by atoms with Crippen LogP contribution in [0.15, 0.2) is 53.0 Å². The molecule has 0 unspecified atom stereocenters. The van der Waals surface area contributed by atoms with E-state index in [0.29, 0.717) is 10.9 Å². The number of hydrogen-bond acceptors (Lipinski definition) is 4. The largest absolute Gasteiger partial charge is 0.481 e. The van der Waals surface area contributed by atoms with Crippen LogP contribution in [0.1, 0.15) is 35.2 Å². The number of hydrogen-bond donors (Lipinski definition) is 3. The van der Waals surface area contributed by atoms with Crippen molar-refractivity contribution in [1.29, 1.82) is 5.41 Å². The molecule has 0 fully saturated rings. The van der Waals surface area contributed by atoms with Gasteiger partial charge in [-0.15, -0.1) is 0 Å². The van der Waals surface area contributed by atoms with Crippen LogP contribution in [-0.2, 0) is 11.2 Å². The maximum absolute atomic E-state index is 12.4. The molecule has 0 atom stereocenters. The van der Waals surface area contributed by atoms with Crippen molar-refractivity contribution in [1.82, 2.24) is 5.32 Å². The molecule has 2 aromatic rings. The molecule has 2 rings (SSSR count). The second-order valence-electron chi connectivity index (χ2n) is 5.95. The third kappa shape index (κ3) is 7.22. The molecule has 2 aromatic carbocycles. The topological polar surface area (TPSA) is 99.5 Å². The fourth-order valence-corrected chi connectivity index (χ4v) is 2.85. The molecule has 0 saturated carbocycles. The van der Waals surface area contributed by atoms with Crippen molar-refractivity contribution in [3.8, 4) is 5.75 Å². The fourth-order valence-electron chi connectivity index (χ4n) is 2.49. The van der Waals surface area contributed by atoms with Crippen molar-refractivity contribution in [3.05, 3.63) is 64.1 Å². The molecule has 7 heteroatoms. The van der Waals surface area contributed by atoms with E-state index in [9.17, 15) is 9.59 Å². The Bertz CT molecular complexity index is 809. The Morgan fingerprint density at radius 2 is 1.85 bits per heavy atom. The van der Waals surface area contributed by atoms with Gasteiger partial charge in [-0.1, -0.05) is 46.3 Å². The number of carbonyl (C=O) groups is 2. The zero-order valence-corrected chi connectivity index (χ0v) is 16.3. The predicted octanol–water partition coefficient (Wildman–Crippen LogP) is 4.03. The van der Waals surface area contributed by atoms with Crippen molar-refractivity contribution in [2.45, 2.75) is 25.7 Å². The number of ether oxygens (including phenoxy) is 1. The van der Waals surface area contributed by atoms with Crippen LogP contribution in [0.5, 0.6) is 5.75 Å². The van der Waals surface area contributed by atoms with Gasteiger partial charge in [-0.2, -0.15) is 0 Å². The molecule has 0 heterocycles. The number of nitrogens with one attached hydrogen (secondary N) is 2. The molecule has 0 aliphatic rings. The number of benzene rings is 2. The van der Waals surface area contributed by atoms with E-state index in [4.69, 9.17) is 15.3 Å². The summed E-state index contributed by atoms with van der Waals surface area (Å²) in [6.07, 6.45) is 3.10. The summed E-state index contributed by atoms with van der Waals surface area (Å²) in [7, 11) is 0. The van der Waals surface area contributed by atoms with Crippen LogP contribution < -0.4 is 10.1 Å². The van der Waals surface area contributed by atoms with Crippen LogP contribution in [0.25, 0.3) is 0 Å². The number of carbonyl (C=O) groups excluding carboxylic acids is 1. The SMILES string of the molecule is N=C(CCCCc1ccccc1)NC(=O)c1cc(Br)ccc1OCC(=O)O. The van der Waals surface area contributed by atoms with E-state index in [2.05, 4.69) is 33.4 Å². The smallest absolute Gasteiger partial charge is 0.341 e. The monoisotopic (exact) mass is 432 g/mol. The zero-order chi connectivity index (χ0) is 19.6. The molecule has 142 valence electrons. The van der Waals surface area contributed by atoms with E-state index < -0.39 is 18.5 Å². The van der Waals surface area contributed by atoms with E-state index in [1.165, 1.54) is 17.7 Å². The number of amides is 1. The third-order valence-corrected chi connectivity index (χ3v) is 4.28. The van der Waals surface area contributed by atoms with Crippen molar-refractivity contribution in [2.24, 2.45) is 0 Å². The highest BCUT2D eigenvalue weighted by atomic mass is 79.9. The van der Waals surface area contributed by atoms with E-state index >= 15 is 0 Å². The van der Waals surface area contributed by atoms with Crippen molar-refractivity contribution >= 4 is 33.6 Å². The molecule has 3 N–H and O–H groups in total. The molecular formula is C20H21BrN2O4. The minimum atomic E-state index is -1.13. The minimum absolute atomic E-state index is 0.122. The lowest BCUT2D eigenvalue weighted by Gasteiger charge is -2.12. The Morgan fingerprint density at radius 1 is 1.11 bits per heavy atom. The van der Waals surface area contributed by atoms with Crippen molar-refractivity contribution in [2.75, 3.05) is 6.61 Å². The molecule has 0 saturated heterocycles. The number of amidine groups is 1. The molecule has 27 heavy (non-hydrogen) atoms. The highest BCUT2D eigenvalue weighted by Crippen LogP contribution is 2.23. The number of carboxylic acid groups (broad SMARTS) is 1. The summed E-state index contributed by atoms with van der Waals surface area (Å²) in [6.45, 7) is -0.543. The molecule has 1 amide bonds. The lowest BCUT2D eigenvalue weighted by Crippen LogP contribution is -2.30. The Balaban J connectivity index is 1.85. The summed E-state index contributed by atoms with van der Waals surface area (Å²) in [5, 5.41) is 19.3. The first kappa shape index (κ1) is 20.6. The predicted molar refractivity (Wildman–Crippen MR) is 106 cm³/mol. The molecule has 0 aliphatic carbocycles. The summed E-state index contributed by atoms with van der Waals surface area (Å²) >= 11 is 3.28. The first-order valence-corrected chi connectivity index (χ1v) is 9.32. The maximum Gasteiger partial charge on any atom is 0.341 e. The van der Waals surface area contributed by atoms with Gasteiger partial charge in [0.25, 0.3) is 5.91 Å². The summed E-state index contributed by atoms with van der Waals surface area (Å²) in [5.74, 6) is -1.34. The van der Waals surface area contributed by atoms with Crippen LogP contribution in [0, 0.1) is 5.41 Å². The second-order valence-corrected chi connectivity index (χ2v) is 6.86. The number of aliphatic carboxylic acids is 1. The Hall–Kier alpha value is -2.67. The van der Waals surface area contributed by atoms with Gasteiger partial charge in [-0.3, -0.25) is 10.2 Å². The second kappa shape index (κ2) is 10.5. The summed E-state index contributed by atoms with van der Waals surface area (Å²) in [4.78, 5) is 23.1. The molecule has 0 spiro atoms. The van der Waals surface area contributed by atoms with Gasteiger partial charge in [0.1, 0.15) is 11.6 Å². The van der Waals surface area contributed by atoms with Gasteiger partial charge < -0.3 is 15.2 Å². The number of halogens is 1. The van der Waals surface area contributed by atoms with E-state index in [0.717, 1.165) is 19.3 Å². The Morgan fingerprint density at radius 3 is 2.56 bits per heavy atom. The van der Waals surface area contributed by atoms with Gasteiger partial charge >= 0.3 is 5.97 Å². The van der Waals surface area contributed by atoms with Crippen LogP contribution in [0.4, 0.5) is 0 Å². The molecule has 0 aromatic heterocycles. The van der Waals surface area contributed by atoms with Gasteiger partial charge in [0.2, 0.25) is 0 Å². The zero-order valence-electron chi connectivity index (χ0n) is 14.7. The molecule has 0 aliphatic heterocycles. The average molecular weight is 433 g/mol. The van der Waals surface area contributed by atoms with Crippen molar-refractivity contribution < 1.29 is 19.4 Å². The lowest BCUT2D eigenvalue weighted by atomic mass is 10.1. The third-order valence-electron chi connectivity index (χ3n) is 3.79. The normalized spacial score (nSPS) is 10.3. The van der Waals surface area contributed by atoms with Crippen LogP contribution >= 0.6 is 15.9 Å². The number of rotatable bonds is 9. The molecule has 0 bridgehead atoms. The van der Waals surface area contributed by atoms with Gasteiger partial charge in [-0.25, -0.2) is 4.79 Å². The average Bonchev–Trinajstić information content (AvgIpc) is 2.65. The van der Waals surface area contributed by atoms with Gasteiger partial charge in [0.15, 0.2) is 6.61 Å². The molecular weight excluding hydrogens is 412 g/mol. The Kier molecular flexibility index (Phi) is 8.00. The number of aryl methyl sites for hydroxylation is 1. The standard InChI is InChI=1S/C20H21BrN2O4/c21-15-10-11-17(27-13-19(24)25)16(12-15)20(26)23-18(22)9-5-4-8-14-6-2-1-3-7-14/h1-3,6-7,10-12H,4-5,8-9,13H2,(H,24,25)(H2,22,23,26). The van der Waals surface area contributed by atoms with E-state index in [1.807, 2.05) is 18.2 Å². The quantitative estimate of drug-likeness (QED) is 0.316. The first-order valence-electron chi connectivity index (χ1n) is 8.52. The van der Waals surface area contributed by atoms with E-state index in [-0.39, 0.29) is 17.1 Å².